The summed E-state index contributed by atoms with van der Waals surface area (Å²) in [5.74, 6) is -0.243. The standard InChI is InChI=1S/C21H25N5O3/c22-17-13-25(21(29)24-10-3-4-11-24)14-18(17)23-20(28)15-6-8-16(9-7-15)26-12-2-1-5-19(26)27/h1-2,5-9,12,17-18H,3-4,10-11,13-14,22H2,(H,23,28). The first-order chi connectivity index (χ1) is 14.0. The van der Waals surface area contributed by atoms with Crippen LogP contribution < -0.4 is 16.6 Å². The Hall–Kier alpha value is -3.13. The molecular weight excluding hydrogens is 370 g/mol. The maximum absolute atomic E-state index is 12.6. The Morgan fingerprint density at radius 2 is 1.69 bits per heavy atom. The van der Waals surface area contributed by atoms with Gasteiger partial charge in [0.15, 0.2) is 0 Å². The van der Waals surface area contributed by atoms with E-state index in [0.717, 1.165) is 25.9 Å². The molecule has 2 aromatic rings. The Morgan fingerprint density at radius 3 is 2.38 bits per heavy atom. The summed E-state index contributed by atoms with van der Waals surface area (Å²) in [4.78, 5) is 40.7. The van der Waals surface area contributed by atoms with Crippen LogP contribution >= 0.6 is 0 Å². The van der Waals surface area contributed by atoms with Crippen LogP contribution in [-0.4, -0.2) is 64.6 Å². The van der Waals surface area contributed by atoms with Crippen molar-refractivity contribution in [3.63, 3.8) is 0 Å². The van der Waals surface area contributed by atoms with Gasteiger partial charge in [0.1, 0.15) is 0 Å². The van der Waals surface area contributed by atoms with Crippen LogP contribution in [0, 0.1) is 0 Å². The molecule has 0 saturated carbocycles. The first kappa shape index (κ1) is 19.2. The fourth-order valence-corrected chi connectivity index (χ4v) is 3.91. The van der Waals surface area contributed by atoms with Crippen LogP contribution in [0.4, 0.5) is 4.79 Å². The molecule has 3 N–H and O–H groups in total. The highest BCUT2D eigenvalue weighted by Crippen LogP contribution is 2.16. The van der Waals surface area contributed by atoms with Crippen LogP contribution in [0.2, 0.25) is 0 Å². The molecule has 3 heterocycles. The van der Waals surface area contributed by atoms with Gasteiger partial charge in [-0.25, -0.2) is 4.79 Å². The number of carbonyl (C=O) groups excluding carboxylic acids is 2. The molecule has 2 unspecified atom stereocenters. The number of amides is 3. The van der Waals surface area contributed by atoms with Crippen molar-refractivity contribution in [3.8, 4) is 5.69 Å². The van der Waals surface area contributed by atoms with Crippen LogP contribution in [0.25, 0.3) is 5.69 Å². The molecule has 2 aliphatic heterocycles. The third kappa shape index (κ3) is 4.02. The van der Waals surface area contributed by atoms with Crippen LogP contribution in [0.15, 0.2) is 53.5 Å². The molecule has 0 bridgehead atoms. The smallest absolute Gasteiger partial charge is 0.320 e. The van der Waals surface area contributed by atoms with Crippen LogP contribution in [0.1, 0.15) is 23.2 Å². The number of nitrogens with zero attached hydrogens (tertiary/aromatic N) is 3. The summed E-state index contributed by atoms with van der Waals surface area (Å²) in [6, 6.07) is 11.2. The Morgan fingerprint density at radius 1 is 0.966 bits per heavy atom. The summed E-state index contributed by atoms with van der Waals surface area (Å²) in [6.45, 7) is 2.44. The highest BCUT2D eigenvalue weighted by Gasteiger charge is 2.36. The molecule has 4 rings (SSSR count). The molecule has 1 aromatic heterocycles. The van der Waals surface area contributed by atoms with Crippen molar-refractivity contribution < 1.29 is 9.59 Å². The minimum absolute atomic E-state index is 0.00681. The second-order valence-electron chi connectivity index (χ2n) is 7.58. The van der Waals surface area contributed by atoms with Crippen molar-refractivity contribution in [1.29, 1.82) is 0 Å². The number of pyridine rings is 1. The van der Waals surface area contributed by atoms with Crippen molar-refractivity contribution >= 4 is 11.9 Å². The van der Waals surface area contributed by atoms with Gasteiger partial charge in [-0.05, 0) is 43.2 Å². The van der Waals surface area contributed by atoms with Crippen molar-refractivity contribution in [2.75, 3.05) is 26.2 Å². The van der Waals surface area contributed by atoms with E-state index >= 15 is 0 Å². The molecule has 29 heavy (non-hydrogen) atoms. The van der Waals surface area contributed by atoms with E-state index in [1.165, 1.54) is 10.6 Å². The molecule has 0 spiro atoms. The number of benzene rings is 1. The van der Waals surface area contributed by atoms with Crippen molar-refractivity contribution in [1.82, 2.24) is 19.7 Å². The van der Waals surface area contributed by atoms with Crippen LogP contribution in [0.3, 0.4) is 0 Å². The van der Waals surface area contributed by atoms with Gasteiger partial charge in [-0.15, -0.1) is 0 Å². The molecule has 2 fully saturated rings. The van der Waals surface area contributed by atoms with Crippen LogP contribution in [0.5, 0.6) is 0 Å². The third-order valence-electron chi connectivity index (χ3n) is 5.56. The zero-order valence-corrected chi connectivity index (χ0v) is 16.2. The van der Waals surface area contributed by atoms with Gasteiger partial charge in [0.2, 0.25) is 0 Å². The Kier molecular flexibility index (Phi) is 5.35. The Bertz CT molecular complexity index is 949. The van der Waals surface area contributed by atoms with E-state index in [-0.39, 0.29) is 29.6 Å². The van der Waals surface area contributed by atoms with Gasteiger partial charge in [0.05, 0.1) is 6.04 Å². The molecule has 0 aliphatic carbocycles. The summed E-state index contributed by atoms with van der Waals surface area (Å²) >= 11 is 0. The van der Waals surface area contributed by atoms with Crippen molar-refractivity contribution in [2.24, 2.45) is 5.73 Å². The SMILES string of the molecule is NC1CN(C(=O)N2CCCC2)CC1NC(=O)c1ccc(-n2ccccc2=O)cc1. The second kappa shape index (κ2) is 8.08. The van der Waals surface area contributed by atoms with E-state index < -0.39 is 0 Å². The molecule has 152 valence electrons. The van der Waals surface area contributed by atoms with E-state index in [1.54, 1.807) is 47.5 Å². The van der Waals surface area contributed by atoms with Crippen LogP contribution in [-0.2, 0) is 0 Å². The number of hydrogen-bond acceptors (Lipinski definition) is 4. The molecule has 8 heteroatoms. The minimum atomic E-state index is -0.298. The molecule has 2 saturated heterocycles. The lowest BCUT2D eigenvalue weighted by Crippen LogP contribution is -2.46. The number of likely N-dealkylation sites (tertiary alicyclic amines) is 2. The summed E-state index contributed by atoms with van der Waals surface area (Å²) < 4.78 is 1.51. The lowest BCUT2D eigenvalue weighted by atomic mass is 10.1. The van der Waals surface area contributed by atoms with E-state index in [0.29, 0.717) is 24.3 Å². The maximum Gasteiger partial charge on any atom is 0.320 e. The van der Waals surface area contributed by atoms with Crippen molar-refractivity contribution in [3.05, 3.63) is 64.6 Å². The van der Waals surface area contributed by atoms with Gasteiger partial charge >= 0.3 is 6.03 Å². The number of rotatable bonds is 3. The normalized spacial score (nSPS) is 21.4. The number of nitrogens with two attached hydrogens (primary N) is 1. The van der Waals surface area contributed by atoms with E-state index in [2.05, 4.69) is 5.32 Å². The highest BCUT2D eigenvalue weighted by molar-refractivity contribution is 5.94. The zero-order valence-electron chi connectivity index (χ0n) is 16.2. The van der Waals surface area contributed by atoms with Gasteiger partial charge in [-0.2, -0.15) is 0 Å². The lowest BCUT2D eigenvalue weighted by molar-refractivity contribution is 0.0934. The molecule has 3 amide bonds. The largest absolute Gasteiger partial charge is 0.346 e. The molecular formula is C21H25N5O3. The van der Waals surface area contributed by atoms with Gasteiger partial charge in [0, 0.05) is 55.7 Å². The lowest BCUT2D eigenvalue weighted by Gasteiger charge is -2.23. The Labute approximate surface area is 168 Å². The van der Waals surface area contributed by atoms with Gasteiger partial charge in [0.25, 0.3) is 11.5 Å². The number of urea groups is 1. The predicted molar refractivity (Wildman–Crippen MR) is 109 cm³/mol. The summed E-state index contributed by atoms with van der Waals surface area (Å²) in [7, 11) is 0. The molecule has 0 radical (unpaired) electrons. The van der Waals surface area contributed by atoms with Gasteiger partial charge in [-0.1, -0.05) is 6.07 Å². The molecule has 1 aromatic carbocycles. The van der Waals surface area contributed by atoms with E-state index in [4.69, 9.17) is 5.73 Å². The molecule has 2 atom stereocenters. The van der Waals surface area contributed by atoms with Crippen molar-refractivity contribution in [2.45, 2.75) is 24.9 Å². The number of carbonyl (C=O) groups is 2. The Balaban J connectivity index is 1.39. The number of aromatic nitrogens is 1. The fraction of sp³-hybridized carbons (Fsp3) is 0.381. The summed E-state index contributed by atoms with van der Waals surface area (Å²) in [5.41, 5.74) is 7.22. The maximum atomic E-state index is 12.6. The first-order valence-electron chi connectivity index (χ1n) is 9.91. The molecule has 8 nitrogen and oxygen atoms in total. The quantitative estimate of drug-likeness (QED) is 0.803. The highest BCUT2D eigenvalue weighted by atomic mass is 16.2. The van der Waals surface area contributed by atoms with Gasteiger partial charge < -0.3 is 20.9 Å². The zero-order chi connectivity index (χ0) is 20.4. The second-order valence-corrected chi connectivity index (χ2v) is 7.58. The molecule has 2 aliphatic rings. The monoisotopic (exact) mass is 395 g/mol. The average Bonchev–Trinajstić information content (AvgIpc) is 3.39. The summed E-state index contributed by atoms with van der Waals surface area (Å²) in [5, 5.41) is 2.95. The first-order valence-corrected chi connectivity index (χ1v) is 9.91. The summed E-state index contributed by atoms with van der Waals surface area (Å²) in [6.07, 6.45) is 3.76. The average molecular weight is 395 g/mol. The minimum Gasteiger partial charge on any atom is -0.346 e. The van der Waals surface area contributed by atoms with Gasteiger partial charge in [-0.3, -0.25) is 14.2 Å². The third-order valence-corrected chi connectivity index (χ3v) is 5.56. The predicted octanol–water partition coefficient (Wildman–Crippen LogP) is 0.795. The number of nitrogens with one attached hydrogen (secondary N) is 1. The topological polar surface area (TPSA) is 101 Å². The number of hydrogen-bond donors (Lipinski definition) is 2. The van der Waals surface area contributed by atoms with E-state index in [1.807, 2.05) is 4.90 Å². The van der Waals surface area contributed by atoms with E-state index in [9.17, 15) is 14.4 Å². The fourth-order valence-electron chi connectivity index (χ4n) is 3.91.